The third kappa shape index (κ3) is 3.47. The molecule has 1 rings (SSSR count). The average molecular weight is 390 g/mol. The highest BCUT2D eigenvalue weighted by atomic mass is 35.5. The van der Waals surface area contributed by atoms with E-state index in [1.165, 1.54) is 5.32 Å². The van der Waals surface area contributed by atoms with Crippen molar-refractivity contribution in [1.29, 1.82) is 0 Å². The number of nitrogens with one attached hydrogen (secondary N) is 1. The van der Waals surface area contributed by atoms with E-state index in [9.17, 15) is 39.9 Å². The molecule has 0 saturated carbocycles. The van der Waals surface area contributed by atoms with Crippen LogP contribution in [0.1, 0.15) is 0 Å². The number of rotatable bonds is 5. The van der Waals surface area contributed by atoms with Crippen molar-refractivity contribution in [2.24, 2.45) is 0 Å². The summed E-state index contributed by atoms with van der Waals surface area (Å²) in [4.78, 5) is 11.2. The van der Waals surface area contributed by atoms with Crippen molar-refractivity contribution in [3.63, 3.8) is 0 Å². The van der Waals surface area contributed by atoms with Gasteiger partial charge in [0.25, 0.3) is 0 Å². The van der Waals surface area contributed by atoms with Gasteiger partial charge >= 0.3 is 30.1 Å². The first-order valence-corrected chi connectivity index (χ1v) is 6.19. The lowest BCUT2D eigenvalue weighted by Crippen LogP contribution is -2.61. The van der Waals surface area contributed by atoms with E-state index < -0.39 is 35.8 Å². The largest absolute Gasteiger partial charge is 0.393 e. The molecular weight excluding hydrogens is 385 g/mol. The monoisotopic (exact) mass is 389 g/mol. The fraction of sp³-hybridized carbons (Fsp3) is 0.364. The number of alkyl halides is 8. The van der Waals surface area contributed by atoms with E-state index in [1.54, 1.807) is 0 Å². The zero-order valence-corrected chi connectivity index (χ0v) is 12.0. The third-order valence-corrected chi connectivity index (χ3v) is 3.29. The Morgan fingerprint density at radius 3 is 1.96 bits per heavy atom. The lowest BCUT2D eigenvalue weighted by molar-refractivity contribution is -0.326. The summed E-state index contributed by atoms with van der Waals surface area (Å²) in [7, 11) is 0. The minimum atomic E-state index is -6.63. The summed E-state index contributed by atoms with van der Waals surface area (Å²) in [6.07, 6.45) is -5.11. The highest BCUT2D eigenvalue weighted by Gasteiger charge is 2.78. The van der Waals surface area contributed by atoms with Crippen molar-refractivity contribution in [1.82, 2.24) is 0 Å². The van der Waals surface area contributed by atoms with Crippen LogP contribution in [0.15, 0.2) is 18.2 Å². The number of halogens is 10. The van der Waals surface area contributed by atoms with E-state index in [4.69, 9.17) is 23.2 Å². The molecule has 2 nitrogen and oxygen atoms in total. The van der Waals surface area contributed by atoms with E-state index in [0.717, 1.165) is 18.2 Å². The molecule has 1 aromatic carbocycles. The average Bonchev–Trinajstić information content (AvgIpc) is 2.42. The van der Waals surface area contributed by atoms with Gasteiger partial charge < -0.3 is 5.32 Å². The van der Waals surface area contributed by atoms with Crippen LogP contribution in [-0.2, 0) is 4.79 Å². The first-order chi connectivity index (χ1) is 10.2. The molecule has 0 radical (unpaired) electrons. The van der Waals surface area contributed by atoms with E-state index in [-0.39, 0.29) is 10.0 Å². The SMILES string of the molecule is O=C(Nc1ccc(Cl)c(Cl)c1)C(F)(F)C(F)(F)C(F)(F)C(F)F. The van der Waals surface area contributed by atoms with Gasteiger partial charge in [0.2, 0.25) is 0 Å². The van der Waals surface area contributed by atoms with Gasteiger partial charge in [0.05, 0.1) is 10.0 Å². The van der Waals surface area contributed by atoms with Crippen LogP contribution in [0.3, 0.4) is 0 Å². The summed E-state index contributed by atoms with van der Waals surface area (Å²) in [6.45, 7) is 0. The summed E-state index contributed by atoms with van der Waals surface area (Å²) < 4.78 is 102. The summed E-state index contributed by atoms with van der Waals surface area (Å²) in [5.74, 6) is -22.1. The maximum atomic E-state index is 13.3. The van der Waals surface area contributed by atoms with E-state index in [1.807, 2.05) is 0 Å². The third-order valence-electron chi connectivity index (χ3n) is 2.55. The van der Waals surface area contributed by atoms with Gasteiger partial charge in [0, 0.05) is 5.69 Å². The van der Waals surface area contributed by atoms with Crippen molar-refractivity contribution >= 4 is 34.8 Å². The maximum Gasteiger partial charge on any atom is 0.393 e. The topological polar surface area (TPSA) is 29.1 Å². The molecule has 0 fully saturated rings. The second-order valence-electron chi connectivity index (χ2n) is 4.16. The fourth-order valence-electron chi connectivity index (χ4n) is 1.27. The second kappa shape index (κ2) is 6.31. The van der Waals surface area contributed by atoms with E-state index in [0.29, 0.717) is 0 Å². The Bertz CT molecular complexity index is 608. The van der Waals surface area contributed by atoms with Gasteiger partial charge in [-0.25, -0.2) is 8.78 Å². The van der Waals surface area contributed by atoms with Crippen LogP contribution >= 0.6 is 23.2 Å². The van der Waals surface area contributed by atoms with Gasteiger partial charge in [-0.05, 0) is 18.2 Å². The van der Waals surface area contributed by atoms with Gasteiger partial charge in [-0.2, -0.15) is 26.3 Å². The summed E-state index contributed by atoms with van der Waals surface area (Å²) in [6, 6.07) is 2.61. The molecular formula is C11H5Cl2F8NO. The van der Waals surface area contributed by atoms with Gasteiger partial charge in [0.15, 0.2) is 0 Å². The number of hydrogen-bond donors (Lipinski definition) is 1. The Labute approximate surface area is 133 Å². The number of amides is 1. The second-order valence-corrected chi connectivity index (χ2v) is 4.97. The summed E-state index contributed by atoms with van der Waals surface area (Å²) in [5.41, 5.74) is -0.583. The molecule has 23 heavy (non-hydrogen) atoms. The van der Waals surface area contributed by atoms with Crippen LogP contribution in [-0.4, -0.2) is 30.1 Å². The van der Waals surface area contributed by atoms with E-state index >= 15 is 0 Å². The van der Waals surface area contributed by atoms with Crippen LogP contribution in [0.5, 0.6) is 0 Å². The Hall–Kier alpha value is -1.29. The van der Waals surface area contributed by atoms with Crippen LogP contribution < -0.4 is 5.32 Å². The molecule has 1 amide bonds. The summed E-state index contributed by atoms with van der Waals surface area (Å²) in [5, 5.41) is 0.833. The number of carbonyl (C=O) groups is 1. The Balaban J connectivity index is 3.11. The zero-order valence-electron chi connectivity index (χ0n) is 10.5. The number of hydrogen-bond acceptors (Lipinski definition) is 1. The predicted molar refractivity (Wildman–Crippen MR) is 65.9 cm³/mol. The zero-order chi connectivity index (χ0) is 18.2. The van der Waals surface area contributed by atoms with Gasteiger partial charge in [-0.15, -0.1) is 0 Å². The smallest absolute Gasteiger partial charge is 0.321 e. The standard InChI is InChI=1S/C11H5Cl2F8NO/c12-5-2-1-4(3-6(5)13)22-8(23)10(18,19)11(20,21)9(16,17)7(14)15/h1-3,7H,(H,22,23). The number of benzene rings is 1. The quantitative estimate of drug-likeness (QED) is 0.697. The lowest BCUT2D eigenvalue weighted by Gasteiger charge is -2.31. The normalized spacial score (nSPS) is 13.3. The maximum absolute atomic E-state index is 13.3. The molecule has 0 unspecified atom stereocenters. The highest BCUT2D eigenvalue weighted by molar-refractivity contribution is 6.42. The van der Waals surface area contributed by atoms with Crippen molar-refractivity contribution in [3.8, 4) is 0 Å². The fourth-order valence-corrected chi connectivity index (χ4v) is 1.57. The van der Waals surface area contributed by atoms with Crippen molar-refractivity contribution in [3.05, 3.63) is 28.2 Å². The van der Waals surface area contributed by atoms with E-state index in [2.05, 4.69) is 0 Å². The molecule has 12 heteroatoms. The molecule has 130 valence electrons. The Kier molecular flexibility index (Phi) is 5.42. The molecule has 0 bridgehead atoms. The number of carbonyl (C=O) groups excluding carboxylic acids is 1. The highest BCUT2D eigenvalue weighted by Crippen LogP contribution is 2.48. The Morgan fingerprint density at radius 2 is 1.52 bits per heavy atom. The molecule has 0 aliphatic heterocycles. The van der Waals surface area contributed by atoms with Gasteiger partial charge in [-0.1, -0.05) is 23.2 Å². The first-order valence-electron chi connectivity index (χ1n) is 5.43. The Morgan fingerprint density at radius 1 is 1.00 bits per heavy atom. The van der Waals surface area contributed by atoms with Gasteiger partial charge in [-0.3, -0.25) is 4.79 Å². The first kappa shape index (κ1) is 19.8. The lowest BCUT2D eigenvalue weighted by atomic mass is 10.0. The summed E-state index contributed by atoms with van der Waals surface area (Å²) >= 11 is 11.0. The molecule has 0 aliphatic rings. The number of anilines is 1. The minimum absolute atomic E-state index is 0.0778. The van der Waals surface area contributed by atoms with Crippen LogP contribution in [0.4, 0.5) is 40.8 Å². The molecule has 0 saturated heterocycles. The van der Waals surface area contributed by atoms with Crippen molar-refractivity contribution < 1.29 is 39.9 Å². The molecule has 0 aromatic heterocycles. The van der Waals surface area contributed by atoms with Crippen molar-refractivity contribution in [2.75, 3.05) is 5.32 Å². The molecule has 0 heterocycles. The predicted octanol–water partition coefficient (Wildman–Crippen LogP) is 5.10. The molecule has 1 N–H and O–H groups in total. The molecule has 0 spiro atoms. The molecule has 1 aromatic rings. The molecule has 0 aliphatic carbocycles. The minimum Gasteiger partial charge on any atom is -0.321 e. The van der Waals surface area contributed by atoms with Crippen LogP contribution in [0, 0.1) is 0 Å². The van der Waals surface area contributed by atoms with Gasteiger partial charge in [0.1, 0.15) is 0 Å². The van der Waals surface area contributed by atoms with Crippen LogP contribution in [0.2, 0.25) is 10.0 Å². The van der Waals surface area contributed by atoms with Crippen molar-refractivity contribution in [2.45, 2.75) is 24.2 Å². The van der Waals surface area contributed by atoms with Crippen LogP contribution in [0.25, 0.3) is 0 Å². The molecule has 0 atom stereocenters.